The van der Waals surface area contributed by atoms with E-state index in [1.807, 2.05) is 18.2 Å². The summed E-state index contributed by atoms with van der Waals surface area (Å²) in [6.07, 6.45) is 0. The molecule has 0 bridgehead atoms. The van der Waals surface area contributed by atoms with Crippen molar-refractivity contribution in [2.75, 3.05) is 20.2 Å². The fourth-order valence-electron chi connectivity index (χ4n) is 1.81. The van der Waals surface area contributed by atoms with Crippen molar-refractivity contribution in [3.63, 3.8) is 0 Å². The minimum atomic E-state index is -0.180. The Morgan fingerprint density at radius 2 is 1.81 bits per heavy atom. The Kier molecular flexibility index (Phi) is 4.51. The van der Waals surface area contributed by atoms with Crippen LogP contribution in [-0.2, 0) is 5.41 Å². The normalized spacial score (nSPS) is 15.4. The molecule has 1 N–H and O–H groups in total. The highest BCUT2D eigenvalue weighted by molar-refractivity contribution is 5.25. The third-order valence-corrected chi connectivity index (χ3v) is 3.30. The van der Waals surface area contributed by atoms with E-state index in [-0.39, 0.29) is 12.0 Å². The third-order valence-electron chi connectivity index (χ3n) is 3.30. The predicted molar refractivity (Wildman–Crippen MR) is 68.6 cm³/mol. The lowest BCUT2D eigenvalue weighted by atomic mass is 9.82. The van der Waals surface area contributed by atoms with Crippen molar-refractivity contribution in [1.82, 2.24) is 4.90 Å². The van der Waals surface area contributed by atoms with E-state index in [2.05, 4.69) is 44.9 Å². The summed E-state index contributed by atoms with van der Waals surface area (Å²) in [7, 11) is 2.10. The molecule has 1 aromatic rings. The fraction of sp³-hybridized carbons (Fsp3) is 0.571. The van der Waals surface area contributed by atoms with Gasteiger partial charge in [-0.1, -0.05) is 37.3 Å². The van der Waals surface area contributed by atoms with Gasteiger partial charge >= 0.3 is 0 Å². The van der Waals surface area contributed by atoms with Crippen molar-refractivity contribution in [2.45, 2.75) is 32.2 Å². The van der Waals surface area contributed by atoms with Crippen molar-refractivity contribution in [3.05, 3.63) is 35.9 Å². The Morgan fingerprint density at radius 3 is 2.25 bits per heavy atom. The number of nitrogens with zero attached hydrogens (tertiary/aromatic N) is 1. The molecule has 0 spiro atoms. The van der Waals surface area contributed by atoms with Gasteiger partial charge in [-0.2, -0.15) is 0 Å². The summed E-state index contributed by atoms with van der Waals surface area (Å²) in [6, 6.07) is 10.7. The van der Waals surface area contributed by atoms with E-state index in [1.165, 1.54) is 5.56 Å². The van der Waals surface area contributed by atoms with Crippen molar-refractivity contribution >= 4 is 0 Å². The lowest BCUT2D eigenvalue weighted by molar-refractivity contribution is 0.143. The molecule has 0 amide bonds. The highest BCUT2D eigenvalue weighted by Gasteiger charge is 2.27. The van der Waals surface area contributed by atoms with Crippen LogP contribution < -0.4 is 0 Å². The van der Waals surface area contributed by atoms with E-state index in [1.54, 1.807) is 0 Å². The first-order valence-corrected chi connectivity index (χ1v) is 5.86. The van der Waals surface area contributed by atoms with Crippen LogP contribution >= 0.6 is 0 Å². The summed E-state index contributed by atoms with van der Waals surface area (Å²) in [4.78, 5) is 2.27. The highest BCUT2D eigenvalue weighted by Crippen LogP contribution is 2.24. The third kappa shape index (κ3) is 3.06. The quantitative estimate of drug-likeness (QED) is 0.824. The molecule has 1 atom stereocenters. The summed E-state index contributed by atoms with van der Waals surface area (Å²) >= 11 is 0. The van der Waals surface area contributed by atoms with E-state index in [9.17, 15) is 5.11 Å². The minimum absolute atomic E-state index is 0.175. The average Bonchev–Trinajstić information content (AvgIpc) is 2.29. The SMILES string of the molecule is CC(C)N(C)CC(C)(CO)c1ccccc1. The van der Waals surface area contributed by atoms with Gasteiger partial charge in [0, 0.05) is 18.0 Å². The molecule has 0 fully saturated rings. The van der Waals surface area contributed by atoms with Crippen LogP contribution in [0.3, 0.4) is 0 Å². The largest absolute Gasteiger partial charge is 0.395 e. The number of rotatable bonds is 5. The van der Waals surface area contributed by atoms with Gasteiger partial charge in [0.2, 0.25) is 0 Å². The Labute approximate surface area is 98.9 Å². The Morgan fingerprint density at radius 1 is 1.25 bits per heavy atom. The van der Waals surface area contributed by atoms with E-state index in [0.717, 1.165) is 6.54 Å². The van der Waals surface area contributed by atoms with Gasteiger partial charge in [-0.3, -0.25) is 0 Å². The summed E-state index contributed by atoms with van der Waals surface area (Å²) in [6.45, 7) is 7.49. The summed E-state index contributed by atoms with van der Waals surface area (Å²) in [5.41, 5.74) is 1.02. The molecule has 16 heavy (non-hydrogen) atoms. The first-order chi connectivity index (χ1) is 7.49. The second-order valence-corrected chi connectivity index (χ2v) is 5.09. The lowest BCUT2D eigenvalue weighted by Crippen LogP contribution is -2.42. The number of benzene rings is 1. The van der Waals surface area contributed by atoms with Crippen LogP contribution in [0.25, 0.3) is 0 Å². The molecule has 1 unspecified atom stereocenters. The van der Waals surface area contributed by atoms with Gasteiger partial charge in [0.25, 0.3) is 0 Å². The zero-order valence-corrected chi connectivity index (χ0v) is 10.8. The summed E-state index contributed by atoms with van der Waals surface area (Å²) < 4.78 is 0. The van der Waals surface area contributed by atoms with Crippen molar-refractivity contribution in [2.24, 2.45) is 0 Å². The molecule has 0 heterocycles. The zero-order valence-electron chi connectivity index (χ0n) is 10.8. The van der Waals surface area contributed by atoms with Crippen LogP contribution in [0.4, 0.5) is 0 Å². The second-order valence-electron chi connectivity index (χ2n) is 5.09. The molecule has 0 radical (unpaired) electrons. The van der Waals surface area contributed by atoms with Gasteiger partial charge in [-0.25, -0.2) is 0 Å². The van der Waals surface area contributed by atoms with Crippen LogP contribution in [0.2, 0.25) is 0 Å². The van der Waals surface area contributed by atoms with Crippen molar-refractivity contribution in [3.8, 4) is 0 Å². The van der Waals surface area contributed by atoms with E-state index >= 15 is 0 Å². The molecule has 0 saturated heterocycles. The standard InChI is InChI=1S/C14H23NO/c1-12(2)15(4)10-14(3,11-16)13-8-6-5-7-9-13/h5-9,12,16H,10-11H2,1-4H3. The number of likely N-dealkylation sites (N-methyl/N-ethyl adjacent to an activating group) is 1. The van der Waals surface area contributed by atoms with E-state index < -0.39 is 0 Å². The Hall–Kier alpha value is -0.860. The van der Waals surface area contributed by atoms with Gasteiger partial charge in [0.1, 0.15) is 0 Å². The molecule has 1 rings (SSSR count). The maximum absolute atomic E-state index is 9.64. The molecule has 0 aliphatic rings. The molecule has 0 aliphatic carbocycles. The van der Waals surface area contributed by atoms with Gasteiger partial charge in [-0.05, 0) is 26.5 Å². The molecule has 2 nitrogen and oxygen atoms in total. The first-order valence-electron chi connectivity index (χ1n) is 5.86. The maximum Gasteiger partial charge on any atom is 0.0537 e. The summed E-state index contributed by atoms with van der Waals surface area (Å²) in [5.74, 6) is 0. The zero-order chi connectivity index (χ0) is 12.2. The maximum atomic E-state index is 9.64. The first kappa shape index (κ1) is 13.2. The number of hydrogen-bond donors (Lipinski definition) is 1. The van der Waals surface area contributed by atoms with Crippen LogP contribution in [0.15, 0.2) is 30.3 Å². The van der Waals surface area contributed by atoms with Crippen LogP contribution in [0.5, 0.6) is 0 Å². The number of aliphatic hydroxyl groups is 1. The summed E-state index contributed by atoms with van der Waals surface area (Å²) in [5, 5.41) is 9.64. The Balaban J connectivity index is 2.86. The molecular formula is C14H23NO. The predicted octanol–water partition coefficient (Wildman–Crippen LogP) is 2.28. The van der Waals surface area contributed by atoms with Crippen molar-refractivity contribution in [1.29, 1.82) is 0 Å². The number of hydrogen-bond acceptors (Lipinski definition) is 2. The van der Waals surface area contributed by atoms with E-state index in [4.69, 9.17) is 0 Å². The molecule has 90 valence electrons. The molecule has 2 heteroatoms. The van der Waals surface area contributed by atoms with Crippen molar-refractivity contribution < 1.29 is 5.11 Å². The molecule has 0 aromatic heterocycles. The average molecular weight is 221 g/mol. The van der Waals surface area contributed by atoms with Crippen LogP contribution in [-0.4, -0.2) is 36.2 Å². The van der Waals surface area contributed by atoms with Gasteiger partial charge in [-0.15, -0.1) is 0 Å². The monoisotopic (exact) mass is 221 g/mol. The molecule has 1 aromatic carbocycles. The number of aliphatic hydroxyl groups excluding tert-OH is 1. The van der Waals surface area contributed by atoms with Crippen LogP contribution in [0, 0.1) is 0 Å². The molecule has 0 aliphatic heterocycles. The molecular weight excluding hydrogens is 198 g/mol. The lowest BCUT2D eigenvalue weighted by Gasteiger charge is -2.34. The minimum Gasteiger partial charge on any atom is -0.395 e. The topological polar surface area (TPSA) is 23.5 Å². The van der Waals surface area contributed by atoms with Gasteiger partial charge in [0.05, 0.1) is 6.61 Å². The molecule has 0 saturated carbocycles. The fourth-order valence-corrected chi connectivity index (χ4v) is 1.81. The smallest absolute Gasteiger partial charge is 0.0537 e. The van der Waals surface area contributed by atoms with Gasteiger partial charge in [0.15, 0.2) is 0 Å². The van der Waals surface area contributed by atoms with Crippen LogP contribution in [0.1, 0.15) is 26.3 Å². The second kappa shape index (κ2) is 5.46. The highest BCUT2D eigenvalue weighted by atomic mass is 16.3. The Bertz CT molecular complexity index is 310. The van der Waals surface area contributed by atoms with E-state index in [0.29, 0.717) is 6.04 Å². The van der Waals surface area contributed by atoms with Gasteiger partial charge < -0.3 is 10.0 Å².